The molecule has 5 heterocycles. The molecule has 1 atom stereocenters. The molecule has 0 radical (unpaired) electrons. The summed E-state index contributed by atoms with van der Waals surface area (Å²) in [6.07, 6.45) is 7.82. The summed E-state index contributed by atoms with van der Waals surface area (Å²) < 4.78 is 0. The van der Waals surface area contributed by atoms with Crippen LogP contribution in [0.5, 0.6) is 0 Å². The second kappa shape index (κ2) is 7.06. The molecule has 0 saturated carbocycles. The summed E-state index contributed by atoms with van der Waals surface area (Å²) in [5, 5.41) is 5.07. The van der Waals surface area contributed by atoms with Gasteiger partial charge in [0.1, 0.15) is 10.7 Å². The molecule has 0 aliphatic carbocycles. The van der Waals surface area contributed by atoms with Crippen LogP contribution < -0.4 is 4.90 Å². The number of hydrogen-bond acceptors (Lipinski definition) is 7. The maximum atomic E-state index is 4.98. The molecule has 3 aromatic rings. The smallest absolute Gasteiger partial charge is 0.226 e. The zero-order valence-electron chi connectivity index (χ0n) is 14.5. The summed E-state index contributed by atoms with van der Waals surface area (Å²) in [5.74, 6) is 0.848. The van der Waals surface area contributed by atoms with Crippen LogP contribution in [-0.2, 0) is 0 Å². The minimum atomic E-state index is 0.654. The van der Waals surface area contributed by atoms with Gasteiger partial charge in [-0.2, -0.15) is 0 Å². The molecule has 26 heavy (non-hydrogen) atoms. The molecule has 0 bridgehead atoms. The van der Waals surface area contributed by atoms with E-state index in [0.29, 0.717) is 6.04 Å². The standard InChI is InChI=1S/C19H21N5S2/c1-2-7-23-8-9-24(13-14(23)4-1)19-21-12-15(16-5-3-10-25-16)17(22-19)18-20-6-11-26-18/h3,5-6,10-12,14H,1-2,4,7-9,13H2/t14-/m0/s1. The van der Waals surface area contributed by atoms with Gasteiger partial charge in [0, 0.05) is 53.9 Å². The van der Waals surface area contributed by atoms with Gasteiger partial charge < -0.3 is 4.90 Å². The Morgan fingerprint density at radius 3 is 2.88 bits per heavy atom. The van der Waals surface area contributed by atoms with Crippen molar-refractivity contribution < 1.29 is 0 Å². The van der Waals surface area contributed by atoms with E-state index in [-0.39, 0.29) is 0 Å². The average Bonchev–Trinajstić information content (AvgIpc) is 3.41. The van der Waals surface area contributed by atoms with Crippen molar-refractivity contribution >= 4 is 28.6 Å². The predicted octanol–water partition coefficient (Wildman–Crippen LogP) is 4.00. The van der Waals surface area contributed by atoms with E-state index in [1.807, 2.05) is 17.8 Å². The van der Waals surface area contributed by atoms with Crippen LogP contribution >= 0.6 is 22.7 Å². The number of piperazine rings is 1. The van der Waals surface area contributed by atoms with Crippen LogP contribution in [0.1, 0.15) is 19.3 Å². The molecule has 134 valence electrons. The number of aromatic nitrogens is 3. The van der Waals surface area contributed by atoms with Gasteiger partial charge in [-0.05, 0) is 30.8 Å². The lowest BCUT2D eigenvalue weighted by atomic mass is 10.00. The van der Waals surface area contributed by atoms with Crippen LogP contribution in [0.4, 0.5) is 5.95 Å². The zero-order valence-corrected chi connectivity index (χ0v) is 16.2. The van der Waals surface area contributed by atoms with Gasteiger partial charge in [-0.25, -0.2) is 15.0 Å². The van der Waals surface area contributed by atoms with Crippen molar-refractivity contribution in [3.8, 4) is 21.1 Å². The normalized spacial score (nSPS) is 20.9. The number of anilines is 1. The highest BCUT2D eigenvalue weighted by Gasteiger charge is 2.30. The molecule has 0 amide bonds. The van der Waals surface area contributed by atoms with Crippen LogP contribution in [-0.4, -0.2) is 52.1 Å². The molecular weight excluding hydrogens is 362 g/mol. The zero-order chi connectivity index (χ0) is 17.3. The second-order valence-corrected chi connectivity index (χ2v) is 8.72. The minimum Gasteiger partial charge on any atom is -0.338 e. The monoisotopic (exact) mass is 383 g/mol. The predicted molar refractivity (Wildman–Crippen MR) is 108 cm³/mol. The Bertz CT molecular complexity index is 862. The fourth-order valence-electron chi connectivity index (χ4n) is 3.98. The Morgan fingerprint density at radius 2 is 2.04 bits per heavy atom. The van der Waals surface area contributed by atoms with E-state index >= 15 is 0 Å². The molecule has 5 nitrogen and oxygen atoms in total. The lowest BCUT2D eigenvalue weighted by molar-refractivity contribution is 0.133. The molecule has 0 unspecified atom stereocenters. The fraction of sp³-hybridized carbons (Fsp3) is 0.421. The number of nitrogens with zero attached hydrogens (tertiary/aromatic N) is 5. The number of fused-ring (bicyclic) bond motifs is 1. The molecule has 5 rings (SSSR count). The average molecular weight is 384 g/mol. The molecule has 2 saturated heterocycles. The molecule has 7 heteroatoms. The van der Waals surface area contributed by atoms with Crippen LogP contribution in [0, 0.1) is 0 Å². The minimum absolute atomic E-state index is 0.654. The van der Waals surface area contributed by atoms with E-state index in [1.165, 1.54) is 30.7 Å². The first-order chi connectivity index (χ1) is 12.9. The van der Waals surface area contributed by atoms with Crippen molar-refractivity contribution in [1.29, 1.82) is 0 Å². The Hall–Kier alpha value is -1.83. The van der Waals surface area contributed by atoms with Gasteiger partial charge in [-0.1, -0.05) is 12.5 Å². The molecule has 2 aliphatic rings. The van der Waals surface area contributed by atoms with Crippen molar-refractivity contribution in [1.82, 2.24) is 19.9 Å². The summed E-state index contributed by atoms with van der Waals surface area (Å²) in [7, 11) is 0. The van der Waals surface area contributed by atoms with Crippen molar-refractivity contribution in [2.45, 2.75) is 25.3 Å². The highest BCUT2D eigenvalue weighted by atomic mass is 32.1. The first kappa shape index (κ1) is 16.4. The third-order valence-corrected chi connectivity index (χ3v) is 7.00. The van der Waals surface area contributed by atoms with Gasteiger partial charge in [-0.3, -0.25) is 4.90 Å². The van der Waals surface area contributed by atoms with Crippen LogP contribution in [0.3, 0.4) is 0 Å². The van der Waals surface area contributed by atoms with Gasteiger partial charge in [0.15, 0.2) is 0 Å². The SMILES string of the molecule is c1csc(-c2cnc(N3CCN4CCCC[C@H]4C3)nc2-c2nccs2)c1. The molecule has 0 spiro atoms. The molecule has 0 aromatic carbocycles. The number of thiophene rings is 1. The third kappa shape index (κ3) is 3.04. The maximum absolute atomic E-state index is 4.98. The first-order valence-corrected chi connectivity index (χ1v) is 10.9. The van der Waals surface area contributed by atoms with Crippen molar-refractivity contribution in [2.75, 3.05) is 31.1 Å². The van der Waals surface area contributed by atoms with Crippen molar-refractivity contribution in [2.24, 2.45) is 0 Å². The van der Waals surface area contributed by atoms with Gasteiger partial charge in [0.2, 0.25) is 5.95 Å². The van der Waals surface area contributed by atoms with E-state index in [0.717, 1.165) is 41.8 Å². The van der Waals surface area contributed by atoms with Gasteiger partial charge in [0.25, 0.3) is 0 Å². The maximum Gasteiger partial charge on any atom is 0.226 e. The van der Waals surface area contributed by atoms with Crippen LogP contribution in [0.2, 0.25) is 0 Å². The highest BCUT2D eigenvalue weighted by molar-refractivity contribution is 7.14. The summed E-state index contributed by atoms with van der Waals surface area (Å²) in [6, 6.07) is 4.85. The van der Waals surface area contributed by atoms with E-state index < -0.39 is 0 Å². The topological polar surface area (TPSA) is 45.2 Å². The van der Waals surface area contributed by atoms with Gasteiger partial charge in [0.05, 0.1) is 0 Å². The lowest BCUT2D eigenvalue weighted by Crippen LogP contribution is -2.55. The molecule has 2 aliphatic heterocycles. The van der Waals surface area contributed by atoms with Crippen molar-refractivity contribution in [3.63, 3.8) is 0 Å². The summed E-state index contributed by atoms with van der Waals surface area (Å²) in [4.78, 5) is 20.4. The van der Waals surface area contributed by atoms with E-state index in [9.17, 15) is 0 Å². The summed E-state index contributed by atoms with van der Waals surface area (Å²) >= 11 is 3.36. The Labute approximate surface area is 161 Å². The molecular formula is C19H21N5S2. The van der Waals surface area contributed by atoms with Gasteiger partial charge in [-0.15, -0.1) is 22.7 Å². The Kier molecular flexibility index (Phi) is 4.44. The second-order valence-electron chi connectivity index (χ2n) is 6.88. The van der Waals surface area contributed by atoms with Crippen LogP contribution in [0.15, 0.2) is 35.3 Å². The summed E-state index contributed by atoms with van der Waals surface area (Å²) in [5.41, 5.74) is 2.04. The van der Waals surface area contributed by atoms with E-state index in [2.05, 4.69) is 32.3 Å². The van der Waals surface area contributed by atoms with Crippen molar-refractivity contribution in [3.05, 3.63) is 35.3 Å². The highest BCUT2D eigenvalue weighted by Crippen LogP contribution is 2.35. The van der Waals surface area contributed by atoms with Gasteiger partial charge >= 0.3 is 0 Å². The van der Waals surface area contributed by atoms with Crippen LogP contribution in [0.25, 0.3) is 21.1 Å². The molecule has 3 aromatic heterocycles. The third-order valence-electron chi connectivity index (χ3n) is 5.32. The Morgan fingerprint density at radius 1 is 1.04 bits per heavy atom. The fourth-order valence-corrected chi connectivity index (χ4v) is 5.35. The number of piperidine rings is 1. The van der Waals surface area contributed by atoms with E-state index in [1.54, 1.807) is 22.7 Å². The number of thiazole rings is 1. The largest absolute Gasteiger partial charge is 0.338 e. The summed E-state index contributed by atoms with van der Waals surface area (Å²) in [6.45, 7) is 4.41. The lowest BCUT2D eigenvalue weighted by Gasteiger charge is -2.44. The Balaban J connectivity index is 1.49. The molecule has 0 N–H and O–H groups in total. The molecule has 2 fully saturated rings. The van der Waals surface area contributed by atoms with E-state index in [4.69, 9.17) is 9.97 Å². The first-order valence-electron chi connectivity index (χ1n) is 9.18. The quantitative estimate of drug-likeness (QED) is 0.684. The number of rotatable bonds is 3. The number of hydrogen-bond donors (Lipinski definition) is 0.